The van der Waals surface area contributed by atoms with Crippen LogP contribution in [0.5, 0.6) is 0 Å². The Balaban J connectivity index is 1.30. The molecule has 1 aliphatic carbocycles. The molecule has 0 bridgehead atoms. The Labute approximate surface area is 202 Å². The molecule has 1 fully saturated rings. The van der Waals surface area contributed by atoms with Gasteiger partial charge in [0.15, 0.2) is 0 Å². The van der Waals surface area contributed by atoms with Gasteiger partial charge >= 0.3 is 5.69 Å². The highest BCUT2D eigenvalue weighted by atomic mass is 32.2. The van der Waals surface area contributed by atoms with Gasteiger partial charge in [-0.3, -0.25) is 0 Å². The van der Waals surface area contributed by atoms with Gasteiger partial charge in [-0.1, -0.05) is 0 Å². The second-order valence-electron chi connectivity index (χ2n) is 9.00. The second kappa shape index (κ2) is 8.10. The molecule has 2 aromatic heterocycles. The van der Waals surface area contributed by atoms with Crippen LogP contribution in [-0.2, 0) is 10.0 Å². The van der Waals surface area contributed by atoms with Crippen molar-refractivity contribution in [1.82, 2.24) is 19.7 Å². The van der Waals surface area contributed by atoms with Crippen molar-refractivity contribution in [3.05, 3.63) is 88.1 Å². The summed E-state index contributed by atoms with van der Waals surface area (Å²) >= 11 is 0. The summed E-state index contributed by atoms with van der Waals surface area (Å²) in [5.74, 6) is -2.07. The molecule has 0 atom stereocenters. The number of imidazole rings is 1. The first-order chi connectivity index (χ1) is 17.2. The molecule has 7 nitrogen and oxygen atoms in total. The topological polar surface area (TPSA) is 111 Å². The highest BCUT2D eigenvalue weighted by Crippen LogP contribution is 2.46. The van der Waals surface area contributed by atoms with E-state index in [0.717, 1.165) is 6.07 Å². The van der Waals surface area contributed by atoms with E-state index in [2.05, 4.69) is 19.7 Å². The molecule has 0 saturated heterocycles. The lowest BCUT2D eigenvalue weighted by Gasteiger charge is -2.36. The van der Waals surface area contributed by atoms with E-state index in [4.69, 9.17) is 0 Å². The molecule has 2 heterocycles. The first kappa shape index (κ1) is 22.6. The molecule has 184 valence electrons. The van der Waals surface area contributed by atoms with Crippen LogP contribution < -0.4 is 10.4 Å². The molecule has 36 heavy (non-hydrogen) atoms. The highest BCUT2D eigenvalue weighted by molar-refractivity contribution is 7.89. The minimum Gasteiger partial charge on any atom is -0.352 e. The Bertz CT molecular complexity index is 1800. The summed E-state index contributed by atoms with van der Waals surface area (Å²) in [6.07, 6.45) is 0.809. The third kappa shape index (κ3) is 3.80. The normalized spacial score (nSPS) is 18.1. The number of rotatable bonds is 5. The van der Waals surface area contributed by atoms with Crippen LogP contribution in [0.25, 0.3) is 33.2 Å². The summed E-state index contributed by atoms with van der Waals surface area (Å²) in [5, 5.41) is 0.375. The van der Waals surface area contributed by atoms with Crippen molar-refractivity contribution in [2.75, 3.05) is 0 Å². The molecule has 0 amide bonds. The first-order valence-corrected chi connectivity index (χ1v) is 12.7. The van der Waals surface area contributed by atoms with E-state index >= 15 is 0 Å². The van der Waals surface area contributed by atoms with Crippen LogP contribution in [0.4, 0.5) is 13.2 Å². The summed E-state index contributed by atoms with van der Waals surface area (Å²) in [4.78, 5) is 19.6. The number of halogens is 3. The number of nitrogens with one attached hydrogen (secondary N) is 4. The fourth-order valence-corrected chi connectivity index (χ4v) is 6.21. The zero-order chi connectivity index (χ0) is 25.2. The maximum Gasteiger partial charge on any atom is 0.323 e. The number of fused-ring (bicyclic) bond motifs is 2. The largest absolute Gasteiger partial charge is 0.352 e. The average molecular weight is 513 g/mol. The minimum atomic E-state index is -3.87. The van der Waals surface area contributed by atoms with Crippen LogP contribution >= 0.6 is 0 Å². The molecule has 0 radical (unpaired) electrons. The Hall–Kier alpha value is -3.83. The van der Waals surface area contributed by atoms with E-state index in [1.807, 2.05) is 0 Å². The average Bonchev–Trinajstić information content (AvgIpc) is 3.35. The van der Waals surface area contributed by atoms with E-state index in [0.29, 0.717) is 46.1 Å². The smallest absolute Gasteiger partial charge is 0.323 e. The Morgan fingerprint density at radius 3 is 2.31 bits per heavy atom. The quantitative estimate of drug-likeness (QED) is 0.275. The minimum absolute atomic E-state index is 0.0111. The number of H-pyrrole nitrogens is 3. The molecule has 11 heteroatoms. The summed E-state index contributed by atoms with van der Waals surface area (Å²) in [7, 11) is -3.87. The molecule has 4 N–H and O–H groups in total. The lowest BCUT2D eigenvalue weighted by Crippen LogP contribution is -2.43. The molecule has 0 unspecified atom stereocenters. The SMILES string of the molecule is O=c1[nH]c2ccc(S(=O)(=O)NC3CC(c4c(-c5ccc(F)cc5)[nH]c5c(F)cc(F)cc45)C3)cc2[nH]1. The van der Waals surface area contributed by atoms with Crippen molar-refractivity contribution < 1.29 is 21.6 Å². The van der Waals surface area contributed by atoms with Crippen molar-refractivity contribution in [2.24, 2.45) is 0 Å². The van der Waals surface area contributed by atoms with Gasteiger partial charge in [-0.25, -0.2) is 31.1 Å². The molecule has 1 saturated carbocycles. The van der Waals surface area contributed by atoms with Crippen LogP contribution in [0, 0.1) is 17.5 Å². The van der Waals surface area contributed by atoms with E-state index in [1.165, 1.54) is 36.4 Å². The van der Waals surface area contributed by atoms with Crippen molar-refractivity contribution in [3.8, 4) is 11.3 Å². The molecule has 1 aliphatic rings. The van der Waals surface area contributed by atoms with Gasteiger partial charge in [0.25, 0.3) is 0 Å². The zero-order valence-corrected chi connectivity index (χ0v) is 19.3. The summed E-state index contributed by atoms with van der Waals surface area (Å²) in [6.45, 7) is 0. The first-order valence-electron chi connectivity index (χ1n) is 11.2. The van der Waals surface area contributed by atoms with Crippen molar-refractivity contribution in [2.45, 2.75) is 29.7 Å². The Morgan fingerprint density at radius 2 is 1.56 bits per heavy atom. The van der Waals surface area contributed by atoms with Gasteiger partial charge in [-0.05, 0) is 78.4 Å². The predicted molar refractivity (Wildman–Crippen MR) is 129 cm³/mol. The molecule has 6 rings (SSSR count). The second-order valence-corrected chi connectivity index (χ2v) is 10.7. The Kier molecular flexibility index (Phi) is 5.09. The fourth-order valence-electron chi connectivity index (χ4n) is 4.92. The van der Waals surface area contributed by atoms with E-state index in [9.17, 15) is 26.4 Å². The maximum absolute atomic E-state index is 14.6. The van der Waals surface area contributed by atoms with Crippen LogP contribution in [0.1, 0.15) is 24.3 Å². The van der Waals surface area contributed by atoms with Gasteiger partial charge < -0.3 is 15.0 Å². The predicted octanol–water partition coefficient (Wildman–Crippen LogP) is 4.65. The van der Waals surface area contributed by atoms with Crippen LogP contribution in [-0.4, -0.2) is 29.4 Å². The van der Waals surface area contributed by atoms with Crippen LogP contribution in [0.3, 0.4) is 0 Å². The number of hydrogen-bond acceptors (Lipinski definition) is 3. The summed E-state index contributed by atoms with van der Waals surface area (Å²) < 4.78 is 70.7. The van der Waals surface area contributed by atoms with Gasteiger partial charge in [0.1, 0.15) is 17.5 Å². The van der Waals surface area contributed by atoms with Crippen LogP contribution in [0.15, 0.2) is 64.3 Å². The highest BCUT2D eigenvalue weighted by Gasteiger charge is 2.37. The van der Waals surface area contributed by atoms with Crippen molar-refractivity contribution >= 4 is 32.0 Å². The van der Waals surface area contributed by atoms with Crippen molar-refractivity contribution in [3.63, 3.8) is 0 Å². The third-order valence-electron chi connectivity index (χ3n) is 6.66. The molecule has 0 aliphatic heterocycles. The number of hydrogen-bond donors (Lipinski definition) is 4. The van der Waals surface area contributed by atoms with E-state index < -0.39 is 39.2 Å². The molecule has 0 spiro atoms. The van der Waals surface area contributed by atoms with Gasteiger partial charge in [0.05, 0.1) is 27.1 Å². The molecular weight excluding hydrogens is 493 g/mol. The molecular formula is C25H19F3N4O3S. The summed E-state index contributed by atoms with van der Waals surface area (Å²) in [6, 6.07) is 11.6. The lowest BCUT2D eigenvalue weighted by atomic mass is 9.74. The lowest BCUT2D eigenvalue weighted by molar-refractivity contribution is 0.328. The van der Waals surface area contributed by atoms with Gasteiger partial charge in [-0.2, -0.15) is 0 Å². The van der Waals surface area contributed by atoms with E-state index in [-0.39, 0.29) is 16.3 Å². The number of sulfonamides is 1. The number of benzene rings is 3. The van der Waals surface area contributed by atoms with Gasteiger partial charge in [-0.15, -0.1) is 0 Å². The van der Waals surface area contributed by atoms with Crippen molar-refractivity contribution in [1.29, 1.82) is 0 Å². The third-order valence-corrected chi connectivity index (χ3v) is 8.18. The standard InChI is InChI=1S/C25H19F3N4O3S/c26-14-3-1-12(2-4-14)23-22(18-9-15(27)10-19(28)24(18)31-23)13-7-16(8-13)32-36(34,35)17-5-6-20-21(11-17)30-25(33)29-20/h1-6,9-11,13,16,31-32H,7-8H2,(H2,29,30,33). The molecule has 3 aromatic carbocycles. The van der Waals surface area contributed by atoms with Crippen LogP contribution in [0.2, 0.25) is 0 Å². The van der Waals surface area contributed by atoms with E-state index in [1.54, 1.807) is 12.1 Å². The summed E-state index contributed by atoms with van der Waals surface area (Å²) in [5.41, 5.74) is 2.40. The monoisotopic (exact) mass is 512 g/mol. The van der Waals surface area contributed by atoms with Gasteiger partial charge in [0.2, 0.25) is 10.0 Å². The Morgan fingerprint density at radius 1 is 0.833 bits per heavy atom. The van der Waals surface area contributed by atoms with Gasteiger partial charge in [0, 0.05) is 17.5 Å². The number of aromatic amines is 3. The maximum atomic E-state index is 14.6. The fraction of sp³-hybridized carbons (Fsp3) is 0.160. The number of aromatic nitrogens is 3. The molecule has 5 aromatic rings. The zero-order valence-electron chi connectivity index (χ0n) is 18.5.